The molecule has 28 heavy (non-hydrogen) atoms. The molecule has 0 aliphatic heterocycles. The first-order chi connectivity index (χ1) is 13.6. The lowest BCUT2D eigenvalue weighted by Gasteiger charge is -2.21. The summed E-state index contributed by atoms with van der Waals surface area (Å²) in [6.07, 6.45) is 12.7. The van der Waals surface area contributed by atoms with E-state index in [4.69, 9.17) is 0 Å². The normalized spacial score (nSPS) is 23.4. The highest BCUT2D eigenvalue weighted by Crippen LogP contribution is 2.50. The van der Waals surface area contributed by atoms with E-state index in [-0.39, 0.29) is 0 Å². The number of aryl methyl sites for hydroxylation is 1. The summed E-state index contributed by atoms with van der Waals surface area (Å²) in [7, 11) is 0. The van der Waals surface area contributed by atoms with E-state index in [0.29, 0.717) is 0 Å². The smallest absolute Gasteiger partial charge is 0.0190 e. The van der Waals surface area contributed by atoms with Gasteiger partial charge in [-0.1, -0.05) is 85.8 Å². The molecule has 0 heteroatoms. The second-order valence-electron chi connectivity index (χ2n) is 8.92. The third-order valence-corrected chi connectivity index (χ3v) is 6.92. The van der Waals surface area contributed by atoms with Gasteiger partial charge in [0.25, 0.3) is 0 Å². The predicted molar refractivity (Wildman–Crippen MR) is 123 cm³/mol. The molecule has 2 aromatic carbocycles. The minimum absolute atomic E-state index is 0.960. The van der Waals surface area contributed by atoms with Crippen LogP contribution in [0.2, 0.25) is 0 Å². The number of hydrogen-bond acceptors (Lipinski definition) is 0. The molecule has 0 nitrogen and oxygen atoms in total. The molecular weight excluding hydrogens is 336 g/mol. The molecule has 0 spiro atoms. The highest BCUT2D eigenvalue weighted by atomic mass is 14.4. The van der Waals surface area contributed by atoms with Crippen molar-refractivity contribution in [2.24, 2.45) is 17.8 Å². The summed E-state index contributed by atoms with van der Waals surface area (Å²) < 4.78 is 0. The SMILES string of the molecule is C=C(/C=C/c1ccc(C)cc1)c1ccc(C(=C)CCC2CC3CCC2C3)cc1. The van der Waals surface area contributed by atoms with Gasteiger partial charge < -0.3 is 0 Å². The Morgan fingerprint density at radius 1 is 0.929 bits per heavy atom. The van der Waals surface area contributed by atoms with Gasteiger partial charge in [-0.25, -0.2) is 0 Å². The van der Waals surface area contributed by atoms with Gasteiger partial charge in [0, 0.05) is 0 Å². The molecule has 2 bridgehead atoms. The highest BCUT2D eigenvalue weighted by molar-refractivity contribution is 5.78. The van der Waals surface area contributed by atoms with Gasteiger partial charge >= 0.3 is 0 Å². The first kappa shape index (κ1) is 19.0. The molecule has 0 heterocycles. The second-order valence-corrected chi connectivity index (χ2v) is 8.92. The monoisotopic (exact) mass is 368 g/mol. The fraction of sp³-hybridized carbons (Fsp3) is 0.357. The Morgan fingerprint density at radius 2 is 1.64 bits per heavy atom. The second kappa shape index (κ2) is 8.35. The molecule has 2 aliphatic rings. The van der Waals surface area contributed by atoms with Crippen LogP contribution in [0.15, 0.2) is 67.8 Å². The van der Waals surface area contributed by atoms with Crippen molar-refractivity contribution in [3.63, 3.8) is 0 Å². The molecule has 2 aromatic rings. The lowest BCUT2D eigenvalue weighted by Crippen LogP contribution is -2.10. The maximum absolute atomic E-state index is 4.37. The number of benzene rings is 2. The Bertz CT molecular complexity index is 863. The largest absolute Gasteiger partial charge is 0.0952 e. The average Bonchev–Trinajstić information content (AvgIpc) is 3.35. The summed E-state index contributed by atoms with van der Waals surface area (Å²) in [5.74, 6) is 3.02. The van der Waals surface area contributed by atoms with E-state index in [0.717, 1.165) is 29.7 Å². The molecule has 3 unspecified atom stereocenters. The zero-order valence-corrected chi connectivity index (χ0v) is 17.2. The van der Waals surface area contributed by atoms with Crippen LogP contribution in [0, 0.1) is 24.7 Å². The van der Waals surface area contributed by atoms with Crippen molar-refractivity contribution in [2.45, 2.75) is 45.4 Å². The minimum atomic E-state index is 0.960. The van der Waals surface area contributed by atoms with Gasteiger partial charge in [-0.05, 0) is 84.6 Å². The maximum atomic E-state index is 4.37. The van der Waals surface area contributed by atoms with Gasteiger partial charge in [-0.2, -0.15) is 0 Å². The molecule has 0 N–H and O–H groups in total. The molecule has 0 aromatic heterocycles. The van der Waals surface area contributed by atoms with Gasteiger partial charge in [0.2, 0.25) is 0 Å². The molecule has 0 radical (unpaired) electrons. The molecule has 144 valence electrons. The number of rotatable bonds is 7. The Hall–Kier alpha value is -2.34. The lowest BCUT2D eigenvalue weighted by atomic mass is 9.84. The average molecular weight is 369 g/mol. The maximum Gasteiger partial charge on any atom is -0.0190 e. The van der Waals surface area contributed by atoms with Crippen molar-refractivity contribution in [2.75, 3.05) is 0 Å². The van der Waals surface area contributed by atoms with E-state index >= 15 is 0 Å². The predicted octanol–water partition coefficient (Wildman–Crippen LogP) is 7.95. The van der Waals surface area contributed by atoms with Crippen molar-refractivity contribution in [3.05, 3.63) is 90.0 Å². The highest BCUT2D eigenvalue weighted by Gasteiger charge is 2.38. The Labute approximate surface area is 170 Å². The van der Waals surface area contributed by atoms with Gasteiger partial charge in [0.05, 0.1) is 0 Å². The fourth-order valence-electron chi connectivity index (χ4n) is 5.12. The van der Waals surface area contributed by atoms with Crippen molar-refractivity contribution in [1.82, 2.24) is 0 Å². The van der Waals surface area contributed by atoms with Crippen LogP contribution in [0.4, 0.5) is 0 Å². The van der Waals surface area contributed by atoms with Crippen LogP contribution >= 0.6 is 0 Å². The summed E-state index contributed by atoms with van der Waals surface area (Å²) in [5, 5.41) is 0. The molecule has 0 amide bonds. The van der Waals surface area contributed by atoms with Gasteiger partial charge in [0.15, 0.2) is 0 Å². The number of hydrogen-bond donors (Lipinski definition) is 0. The fourth-order valence-corrected chi connectivity index (χ4v) is 5.12. The van der Waals surface area contributed by atoms with E-state index in [1.54, 1.807) is 0 Å². The Morgan fingerprint density at radius 3 is 2.29 bits per heavy atom. The summed E-state index contributed by atoms with van der Waals surface area (Å²) in [6, 6.07) is 17.3. The molecule has 2 saturated carbocycles. The van der Waals surface area contributed by atoms with E-state index in [1.807, 2.05) is 0 Å². The van der Waals surface area contributed by atoms with Crippen LogP contribution < -0.4 is 0 Å². The van der Waals surface area contributed by atoms with Gasteiger partial charge in [-0.3, -0.25) is 0 Å². The zero-order valence-electron chi connectivity index (χ0n) is 17.2. The topological polar surface area (TPSA) is 0 Å². The quantitative estimate of drug-likeness (QED) is 0.435. The Kier molecular flexibility index (Phi) is 5.67. The van der Waals surface area contributed by atoms with Crippen LogP contribution in [0.1, 0.15) is 60.8 Å². The van der Waals surface area contributed by atoms with Crippen LogP contribution in [0.25, 0.3) is 17.2 Å². The van der Waals surface area contributed by atoms with E-state index in [9.17, 15) is 0 Å². The van der Waals surface area contributed by atoms with Crippen molar-refractivity contribution >= 4 is 17.2 Å². The van der Waals surface area contributed by atoms with Crippen LogP contribution in [-0.2, 0) is 0 Å². The lowest BCUT2D eigenvalue weighted by molar-refractivity contribution is 0.317. The molecular formula is C28H32. The standard InChI is InChI=1S/C28H32/c1-20-4-8-23(9-5-20)10-6-21(2)25-14-16-26(17-15-25)22(3)7-12-27-18-24-11-13-28(27)19-24/h4-6,8-10,14-17,24,27-28H,2-3,7,11-13,18-19H2,1H3/b10-6+. The number of fused-ring (bicyclic) bond motifs is 2. The van der Waals surface area contributed by atoms with E-state index < -0.39 is 0 Å². The van der Waals surface area contributed by atoms with Crippen molar-refractivity contribution in [1.29, 1.82) is 0 Å². The molecule has 0 saturated heterocycles. The third kappa shape index (κ3) is 4.38. The van der Waals surface area contributed by atoms with Gasteiger partial charge in [-0.15, -0.1) is 0 Å². The van der Waals surface area contributed by atoms with Crippen molar-refractivity contribution < 1.29 is 0 Å². The van der Waals surface area contributed by atoms with Gasteiger partial charge in [0.1, 0.15) is 0 Å². The summed E-state index contributed by atoms with van der Waals surface area (Å²) in [5.41, 5.74) is 7.27. The molecule has 2 fully saturated rings. The van der Waals surface area contributed by atoms with Crippen molar-refractivity contribution in [3.8, 4) is 0 Å². The third-order valence-electron chi connectivity index (χ3n) is 6.92. The van der Waals surface area contributed by atoms with Crippen LogP contribution in [0.5, 0.6) is 0 Å². The molecule has 3 atom stereocenters. The summed E-state index contributed by atoms with van der Waals surface area (Å²) >= 11 is 0. The van der Waals surface area contributed by atoms with E-state index in [2.05, 4.69) is 80.8 Å². The first-order valence-electron chi connectivity index (χ1n) is 10.8. The first-order valence-corrected chi connectivity index (χ1v) is 10.8. The minimum Gasteiger partial charge on any atom is -0.0952 e. The summed E-state index contributed by atoms with van der Waals surface area (Å²) in [4.78, 5) is 0. The summed E-state index contributed by atoms with van der Waals surface area (Å²) in [6.45, 7) is 10.7. The van der Waals surface area contributed by atoms with Crippen LogP contribution in [-0.4, -0.2) is 0 Å². The Balaban J connectivity index is 1.31. The molecule has 4 rings (SSSR count). The zero-order chi connectivity index (χ0) is 19.5. The van der Waals surface area contributed by atoms with Crippen LogP contribution in [0.3, 0.4) is 0 Å². The number of allylic oxidation sites excluding steroid dienone is 3. The van der Waals surface area contributed by atoms with E-state index in [1.165, 1.54) is 59.9 Å². The molecule has 2 aliphatic carbocycles.